The third-order valence-electron chi connectivity index (χ3n) is 4.23. The number of nitrogens with one attached hydrogen (secondary N) is 2. The number of alkyl carbamates (subject to hydrolysis) is 1. The van der Waals surface area contributed by atoms with Crippen molar-refractivity contribution in [2.24, 2.45) is 5.73 Å². The molecule has 1 aliphatic rings. The topological polar surface area (TPSA) is 145 Å². The van der Waals surface area contributed by atoms with Crippen molar-refractivity contribution in [1.82, 2.24) is 10.3 Å². The maximum atomic E-state index is 12.1. The number of rotatable bonds is 9. The first-order valence-corrected chi connectivity index (χ1v) is 9.55. The van der Waals surface area contributed by atoms with Gasteiger partial charge in [-0.1, -0.05) is 0 Å². The summed E-state index contributed by atoms with van der Waals surface area (Å²) in [6.45, 7) is 5.50. The fraction of sp³-hybridized carbons (Fsp3) is 0.579. The Bertz CT molecular complexity index is 766. The normalized spacial score (nSPS) is 15.2. The summed E-state index contributed by atoms with van der Waals surface area (Å²) in [6.07, 6.45) is -0.0879. The first kappa shape index (κ1) is 23.4. The maximum Gasteiger partial charge on any atom is 0.407 e. The molecule has 0 aromatic carbocycles. The van der Waals surface area contributed by atoms with Gasteiger partial charge in [0.05, 0.1) is 12.1 Å². The molecule has 0 aliphatic carbocycles. The van der Waals surface area contributed by atoms with Gasteiger partial charge >= 0.3 is 6.09 Å². The SMILES string of the molecule is COC(CCN)C(CNC(=O)OC(C)(C)C)N(C=O)c1ccc2c(n1)NC(=O)CO2. The fourth-order valence-electron chi connectivity index (χ4n) is 2.94. The average Bonchev–Trinajstić information content (AvgIpc) is 2.67. The minimum atomic E-state index is -0.667. The van der Waals surface area contributed by atoms with Crippen LogP contribution in [0.3, 0.4) is 0 Å². The van der Waals surface area contributed by atoms with Crippen LogP contribution in [0, 0.1) is 0 Å². The van der Waals surface area contributed by atoms with Gasteiger partial charge in [0.25, 0.3) is 5.91 Å². The van der Waals surface area contributed by atoms with Gasteiger partial charge in [-0.05, 0) is 45.9 Å². The molecule has 30 heavy (non-hydrogen) atoms. The van der Waals surface area contributed by atoms with Crippen molar-refractivity contribution in [3.8, 4) is 5.75 Å². The van der Waals surface area contributed by atoms with Crippen molar-refractivity contribution in [2.45, 2.75) is 44.9 Å². The number of ether oxygens (including phenoxy) is 3. The van der Waals surface area contributed by atoms with Crippen molar-refractivity contribution in [3.63, 3.8) is 0 Å². The Labute approximate surface area is 175 Å². The van der Waals surface area contributed by atoms with E-state index in [1.165, 1.54) is 12.0 Å². The lowest BCUT2D eigenvalue weighted by Gasteiger charge is -2.34. The van der Waals surface area contributed by atoms with Crippen LogP contribution in [0.5, 0.6) is 5.75 Å². The van der Waals surface area contributed by atoms with Gasteiger partial charge < -0.3 is 30.6 Å². The van der Waals surface area contributed by atoms with E-state index in [1.54, 1.807) is 32.9 Å². The Morgan fingerprint density at radius 2 is 2.20 bits per heavy atom. The highest BCUT2D eigenvalue weighted by atomic mass is 16.6. The van der Waals surface area contributed by atoms with Crippen molar-refractivity contribution < 1.29 is 28.6 Å². The molecule has 11 heteroatoms. The predicted octanol–water partition coefficient (Wildman–Crippen LogP) is 0.632. The zero-order chi connectivity index (χ0) is 22.3. The monoisotopic (exact) mass is 423 g/mol. The minimum Gasteiger partial charge on any atom is -0.480 e. The molecule has 2 rings (SSSR count). The first-order chi connectivity index (χ1) is 14.2. The standard InChI is InChI=1S/C19H29N5O6/c1-19(2,3)30-18(27)21-9-12(13(28-4)7-8-20)24(11-25)15-6-5-14-17(22-15)23-16(26)10-29-14/h5-6,11-13H,7-10,20H2,1-4H3,(H,21,27)(H,22,23,26). The van der Waals surface area contributed by atoms with E-state index < -0.39 is 23.8 Å². The smallest absolute Gasteiger partial charge is 0.407 e. The number of nitrogens with two attached hydrogens (primary N) is 1. The quantitative estimate of drug-likeness (QED) is 0.491. The number of methoxy groups -OCH3 is 1. The molecule has 0 saturated heterocycles. The molecule has 2 atom stereocenters. The summed E-state index contributed by atoms with van der Waals surface area (Å²) in [6, 6.07) is 2.56. The molecule has 0 spiro atoms. The summed E-state index contributed by atoms with van der Waals surface area (Å²) in [7, 11) is 1.50. The Kier molecular flexibility index (Phi) is 7.95. The minimum absolute atomic E-state index is 0.0355. The Morgan fingerprint density at radius 1 is 1.47 bits per heavy atom. The first-order valence-electron chi connectivity index (χ1n) is 9.55. The van der Waals surface area contributed by atoms with Crippen molar-refractivity contribution in [1.29, 1.82) is 0 Å². The largest absolute Gasteiger partial charge is 0.480 e. The molecule has 1 aromatic heterocycles. The van der Waals surface area contributed by atoms with Crippen LogP contribution in [0.4, 0.5) is 16.4 Å². The van der Waals surface area contributed by atoms with E-state index >= 15 is 0 Å². The van der Waals surface area contributed by atoms with Crippen LogP contribution in [-0.2, 0) is 19.1 Å². The van der Waals surface area contributed by atoms with Gasteiger partial charge in [-0.15, -0.1) is 0 Å². The van der Waals surface area contributed by atoms with Crippen LogP contribution < -0.4 is 26.0 Å². The number of amides is 3. The van der Waals surface area contributed by atoms with E-state index in [-0.39, 0.29) is 30.7 Å². The molecule has 0 radical (unpaired) electrons. The second-order valence-corrected chi connectivity index (χ2v) is 7.67. The molecule has 2 heterocycles. The van der Waals surface area contributed by atoms with E-state index in [0.717, 1.165) is 0 Å². The zero-order valence-electron chi connectivity index (χ0n) is 17.6. The van der Waals surface area contributed by atoms with Gasteiger partial charge in [0, 0.05) is 13.7 Å². The summed E-state index contributed by atoms with van der Waals surface area (Å²) < 4.78 is 16.1. The van der Waals surface area contributed by atoms with Crippen LogP contribution in [-0.4, -0.2) is 67.9 Å². The number of carbonyl (C=O) groups is 3. The highest BCUT2D eigenvalue weighted by Gasteiger charge is 2.30. The van der Waals surface area contributed by atoms with Gasteiger partial charge in [0.15, 0.2) is 18.2 Å². The lowest BCUT2D eigenvalue weighted by atomic mass is 10.1. The van der Waals surface area contributed by atoms with Crippen molar-refractivity contribution in [3.05, 3.63) is 12.1 Å². The summed E-state index contributed by atoms with van der Waals surface area (Å²) in [5.41, 5.74) is 5.02. The van der Waals surface area contributed by atoms with E-state index in [4.69, 9.17) is 19.9 Å². The molecule has 3 amide bonds. The van der Waals surface area contributed by atoms with E-state index in [0.29, 0.717) is 25.1 Å². The lowest BCUT2D eigenvalue weighted by Crippen LogP contribution is -2.52. The van der Waals surface area contributed by atoms with Crippen molar-refractivity contribution >= 4 is 30.0 Å². The second kappa shape index (κ2) is 10.2. The zero-order valence-corrected chi connectivity index (χ0v) is 17.6. The van der Waals surface area contributed by atoms with Gasteiger partial charge in [-0.3, -0.25) is 14.5 Å². The number of pyridine rings is 1. The van der Waals surface area contributed by atoms with Crippen LogP contribution in [0.15, 0.2) is 12.1 Å². The Balaban J connectivity index is 2.28. The summed E-state index contributed by atoms with van der Waals surface area (Å²) in [5.74, 6) is 0.524. The number of hydrogen-bond acceptors (Lipinski definition) is 8. The molecule has 11 nitrogen and oxygen atoms in total. The molecule has 1 aliphatic heterocycles. The Hall–Kier alpha value is -2.92. The fourth-order valence-corrected chi connectivity index (χ4v) is 2.94. The van der Waals surface area contributed by atoms with E-state index in [2.05, 4.69) is 15.6 Å². The van der Waals surface area contributed by atoms with Crippen LogP contribution in [0.2, 0.25) is 0 Å². The predicted molar refractivity (Wildman–Crippen MR) is 109 cm³/mol. The molecule has 1 aromatic rings. The number of aromatic nitrogens is 1. The highest BCUT2D eigenvalue weighted by Crippen LogP contribution is 2.29. The average molecular weight is 423 g/mol. The summed E-state index contributed by atoms with van der Waals surface area (Å²) >= 11 is 0. The molecule has 0 fully saturated rings. The van der Waals surface area contributed by atoms with E-state index in [9.17, 15) is 14.4 Å². The molecular formula is C19H29N5O6. The highest BCUT2D eigenvalue weighted by molar-refractivity contribution is 5.94. The number of nitrogens with zero attached hydrogens (tertiary/aromatic N) is 2. The number of anilines is 2. The van der Waals surface area contributed by atoms with Crippen LogP contribution in [0.1, 0.15) is 27.2 Å². The summed E-state index contributed by atoms with van der Waals surface area (Å²) in [5, 5.41) is 5.27. The Morgan fingerprint density at radius 3 is 2.80 bits per heavy atom. The van der Waals surface area contributed by atoms with Crippen molar-refractivity contribution in [2.75, 3.05) is 37.0 Å². The summed E-state index contributed by atoms with van der Waals surface area (Å²) in [4.78, 5) is 41.4. The molecule has 2 unspecified atom stereocenters. The molecule has 166 valence electrons. The number of carbonyl (C=O) groups excluding carboxylic acids is 3. The molecule has 0 bridgehead atoms. The third kappa shape index (κ3) is 6.29. The number of fused-ring (bicyclic) bond motifs is 1. The van der Waals surface area contributed by atoms with Gasteiger partial charge in [-0.25, -0.2) is 9.78 Å². The number of hydrogen-bond donors (Lipinski definition) is 3. The molecular weight excluding hydrogens is 394 g/mol. The van der Waals surface area contributed by atoms with Gasteiger partial charge in [-0.2, -0.15) is 0 Å². The molecule has 4 N–H and O–H groups in total. The maximum absolute atomic E-state index is 12.1. The van der Waals surface area contributed by atoms with Crippen LogP contribution in [0.25, 0.3) is 0 Å². The lowest BCUT2D eigenvalue weighted by molar-refractivity contribution is -0.118. The van der Waals surface area contributed by atoms with Gasteiger partial charge in [0.1, 0.15) is 11.4 Å². The third-order valence-corrected chi connectivity index (χ3v) is 4.23. The second-order valence-electron chi connectivity index (χ2n) is 7.67. The molecule has 0 saturated carbocycles. The van der Waals surface area contributed by atoms with Crippen LogP contribution >= 0.6 is 0 Å². The van der Waals surface area contributed by atoms with E-state index in [1.807, 2.05) is 0 Å². The van der Waals surface area contributed by atoms with Gasteiger partial charge in [0.2, 0.25) is 6.41 Å².